The highest BCUT2D eigenvalue weighted by Crippen LogP contribution is 2.28. The smallest absolute Gasteiger partial charge is 0.123 e. The normalized spacial score (nSPS) is 12.5. The van der Waals surface area contributed by atoms with Gasteiger partial charge in [0.15, 0.2) is 0 Å². The van der Waals surface area contributed by atoms with Crippen LogP contribution in [0.3, 0.4) is 0 Å². The average molecular weight is 350 g/mol. The average Bonchev–Trinajstić information content (AvgIpc) is 2.45. The molecular formula is C18H21BrFN. The van der Waals surface area contributed by atoms with E-state index in [9.17, 15) is 4.39 Å². The summed E-state index contributed by atoms with van der Waals surface area (Å²) < 4.78 is 14.6. The van der Waals surface area contributed by atoms with Gasteiger partial charge in [-0.05, 0) is 74.2 Å². The minimum Gasteiger partial charge on any atom is -0.313 e. The molecule has 0 amide bonds. The van der Waals surface area contributed by atoms with E-state index >= 15 is 0 Å². The van der Waals surface area contributed by atoms with Crippen LogP contribution in [0.25, 0.3) is 0 Å². The summed E-state index contributed by atoms with van der Waals surface area (Å²) >= 11 is 3.60. The summed E-state index contributed by atoms with van der Waals surface area (Å²) in [6.07, 6.45) is 0.778. The maximum Gasteiger partial charge on any atom is 0.123 e. The fraction of sp³-hybridized carbons (Fsp3) is 0.333. The molecule has 0 heterocycles. The first-order chi connectivity index (χ1) is 9.92. The first-order valence-corrected chi connectivity index (χ1v) is 7.90. The number of nitrogens with one attached hydrogen (secondary N) is 1. The van der Waals surface area contributed by atoms with E-state index in [1.807, 2.05) is 20.0 Å². The van der Waals surface area contributed by atoms with Crippen LogP contribution in [0.4, 0.5) is 4.39 Å². The fourth-order valence-electron chi connectivity index (χ4n) is 2.65. The molecule has 0 aliphatic heterocycles. The molecule has 0 radical (unpaired) electrons. The summed E-state index contributed by atoms with van der Waals surface area (Å²) in [7, 11) is 1.95. The molecule has 2 rings (SSSR count). The number of rotatable bonds is 4. The van der Waals surface area contributed by atoms with Crippen LogP contribution >= 0.6 is 15.9 Å². The summed E-state index contributed by atoms with van der Waals surface area (Å²) in [6.45, 7) is 6.22. The predicted octanol–water partition coefficient (Wildman–Crippen LogP) is 5.02. The van der Waals surface area contributed by atoms with Crippen LogP contribution in [0, 0.1) is 26.6 Å². The third-order valence-corrected chi connectivity index (χ3v) is 5.20. The second-order valence-corrected chi connectivity index (χ2v) is 6.38. The summed E-state index contributed by atoms with van der Waals surface area (Å²) in [5.74, 6) is -0.173. The van der Waals surface area contributed by atoms with Crippen LogP contribution in [0.2, 0.25) is 0 Å². The lowest BCUT2D eigenvalue weighted by Crippen LogP contribution is -2.19. The quantitative estimate of drug-likeness (QED) is 0.817. The van der Waals surface area contributed by atoms with E-state index in [0.717, 1.165) is 22.0 Å². The van der Waals surface area contributed by atoms with Crippen LogP contribution in [-0.4, -0.2) is 7.05 Å². The molecule has 2 aromatic rings. The largest absolute Gasteiger partial charge is 0.313 e. The molecule has 1 atom stereocenters. The molecule has 0 saturated carbocycles. The second-order valence-electron chi connectivity index (χ2n) is 5.58. The summed E-state index contributed by atoms with van der Waals surface area (Å²) in [5.41, 5.74) is 5.86. The van der Waals surface area contributed by atoms with Gasteiger partial charge in [0.05, 0.1) is 0 Å². The van der Waals surface area contributed by atoms with Crippen LogP contribution in [0.5, 0.6) is 0 Å². The van der Waals surface area contributed by atoms with Gasteiger partial charge in [-0.3, -0.25) is 0 Å². The van der Waals surface area contributed by atoms with Gasteiger partial charge >= 0.3 is 0 Å². The van der Waals surface area contributed by atoms with E-state index in [-0.39, 0.29) is 11.9 Å². The van der Waals surface area contributed by atoms with Gasteiger partial charge in [-0.15, -0.1) is 0 Å². The lowest BCUT2D eigenvalue weighted by Gasteiger charge is -2.20. The molecule has 0 bridgehead atoms. The first-order valence-electron chi connectivity index (χ1n) is 7.11. The van der Waals surface area contributed by atoms with Crippen LogP contribution in [0.1, 0.15) is 33.9 Å². The number of halogens is 2. The van der Waals surface area contributed by atoms with E-state index in [1.165, 1.54) is 22.8 Å². The molecule has 3 heteroatoms. The van der Waals surface area contributed by atoms with E-state index in [1.54, 1.807) is 6.07 Å². The molecular weight excluding hydrogens is 329 g/mol. The van der Waals surface area contributed by atoms with Crippen LogP contribution in [0.15, 0.2) is 34.8 Å². The summed E-state index contributed by atoms with van der Waals surface area (Å²) in [6, 6.07) is 9.55. The molecule has 1 N–H and O–H groups in total. The van der Waals surface area contributed by atoms with Gasteiger partial charge in [-0.1, -0.05) is 34.1 Å². The number of aryl methyl sites for hydroxylation is 3. The standard InChI is InChI=1S/C18H21BrFN/c1-11-5-6-16(20)9-14(11)10-17(21-4)15-7-12(2)18(19)13(3)8-15/h5-9,17,21H,10H2,1-4H3. The number of hydrogen-bond acceptors (Lipinski definition) is 1. The van der Waals surface area contributed by atoms with Crippen molar-refractivity contribution in [1.82, 2.24) is 5.32 Å². The predicted molar refractivity (Wildman–Crippen MR) is 90.3 cm³/mol. The topological polar surface area (TPSA) is 12.0 Å². The summed E-state index contributed by atoms with van der Waals surface area (Å²) in [5, 5.41) is 3.35. The van der Waals surface area contributed by atoms with Gasteiger partial charge in [0.2, 0.25) is 0 Å². The second kappa shape index (κ2) is 6.71. The molecule has 0 fully saturated rings. The Labute approximate surface area is 134 Å². The molecule has 1 nitrogen and oxygen atoms in total. The van der Waals surface area contributed by atoms with Gasteiger partial charge in [0, 0.05) is 10.5 Å². The Bertz CT molecular complexity index is 629. The Morgan fingerprint density at radius 3 is 2.24 bits per heavy atom. The molecule has 2 aromatic carbocycles. The molecule has 21 heavy (non-hydrogen) atoms. The third-order valence-electron chi connectivity index (χ3n) is 3.94. The number of hydrogen-bond donors (Lipinski definition) is 1. The molecule has 0 aromatic heterocycles. The number of benzene rings is 2. The molecule has 1 unspecified atom stereocenters. The van der Waals surface area contributed by atoms with Crippen molar-refractivity contribution in [2.45, 2.75) is 33.2 Å². The minimum absolute atomic E-state index is 0.173. The Morgan fingerprint density at radius 2 is 1.67 bits per heavy atom. The molecule has 112 valence electrons. The van der Waals surface area contributed by atoms with Crippen LogP contribution < -0.4 is 5.32 Å². The van der Waals surface area contributed by atoms with E-state index in [2.05, 4.69) is 47.2 Å². The fourth-order valence-corrected chi connectivity index (χ4v) is 2.88. The van der Waals surface area contributed by atoms with Crippen molar-refractivity contribution in [1.29, 1.82) is 0 Å². The van der Waals surface area contributed by atoms with Crippen molar-refractivity contribution in [2.75, 3.05) is 7.05 Å². The first kappa shape index (κ1) is 16.2. The van der Waals surface area contributed by atoms with Gasteiger partial charge in [0.1, 0.15) is 5.82 Å². The zero-order valence-electron chi connectivity index (χ0n) is 12.9. The van der Waals surface area contributed by atoms with E-state index in [0.29, 0.717) is 0 Å². The van der Waals surface area contributed by atoms with Crippen molar-refractivity contribution in [3.8, 4) is 0 Å². The molecule has 0 spiro atoms. The SMILES string of the molecule is CNC(Cc1cc(F)ccc1C)c1cc(C)c(Br)c(C)c1. The maximum atomic E-state index is 13.5. The van der Waals surface area contributed by atoms with E-state index < -0.39 is 0 Å². The van der Waals surface area contributed by atoms with Gasteiger partial charge in [-0.25, -0.2) is 4.39 Å². The number of likely N-dealkylation sites (N-methyl/N-ethyl adjacent to an activating group) is 1. The Morgan fingerprint density at radius 1 is 1.05 bits per heavy atom. The molecule has 0 aliphatic rings. The van der Waals surface area contributed by atoms with Gasteiger partial charge < -0.3 is 5.32 Å². The van der Waals surface area contributed by atoms with Crippen molar-refractivity contribution < 1.29 is 4.39 Å². The highest BCUT2D eigenvalue weighted by molar-refractivity contribution is 9.10. The zero-order valence-corrected chi connectivity index (χ0v) is 14.5. The molecule has 0 aliphatic carbocycles. The minimum atomic E-state index is -0.173. The van der Waals surface area contributed by atoms with E-state index in [4.69, 9.17) is 0 Å². The highest BCUT2D eigenvalue weighted by Gasteiger charge is 2.14. The molecule has 0 saturated heterocycles. The highest BCUT2D eigenvalue weighted by atomic mass is 79.9. The van der Waals surface area contributed by atoms with Crippen molar-refractivity contribution >= 4 is 15.9 Å². The Hall–Kier alpha value is -1.19. The third kappa shape index (κ3) is 3.72. The van der Waals surface area contributed by atoms with Crippen molar-refractivity contribution in [3.63, 3.8) is 0 Å². The Balaban J connectivity index is 2.34. The zero-order chi connectivity index (χ0) is 15.6. The Kier molecular flexibility index (Phi) is 5.17. The van der Waals surface area contributed by atoms with Crippen molar-refractivity contribution in [3.05, 3.63) is 68.4 Å². The lowest BCUT2D eigenvalue weighted by atomic mass is 9.94. The summed E-state index contributed by atoms with van der Waals surface area (Å²) in [4.78, 5) is 0. The lowest BCUT2D eigenvalue weighted by molar-refractivity contribution is 0.581. The van der Waals surface area contributed by atoms with Crippen LogP contribution in [-0.2, 0) is 6.42 Å². The van der Waals surface area contributed by atoms with Crippen molar-refractivity contribution in [2.24, 2.45) is 0 Å². The van der Waals surface area contributed by atoms with Gasteiger partial charge in [0.25, 0.3) is 0 Å². The van der Waals surface area contributed by atoms with Gasteiger partial charge in [-0.2, -0.15) is 0 Å². The monoisotopic (exact) mass is 349 g/mol. The maximum absolute atomic E-state index is 13.5.